The number of carbonyl (C=O) groups is 2. The van der Waals surface area contributed by atoms with E-state index in [0.29, 0.717) is 25.7 Å². The van der Waals surface area contributed by atoms with E-state index in [0.717, 1.165) is 0 Å². The molecule has 0 spiro atoms. The lowest BCUT2D eigenvalue weighted by molar-refractivity contribution is -0.142. The minimum absolute atomic E-state index is 0.103. The molecule has 0 aliphatic carbocycles. The van der Waals surface area contributed by atoms with Crippen LogP contribution in [0.3, 0.4) is 0 Å². The first-order valence-electron chi connectivity index (χ1n) is 5.42. The summed E-state index contributed by atoms with van der Waals surface area (Å²) in [6.45, 7) is -0.187. The second-order valence-electron chi connectivity index (χ2n) is 4.03. The number of hydrogen-bond acceptors (Lipinski definition) is 5. The van der Waals surface area contributed by atoms with Crippen molar-refractivity contribution < 1.29 is 24.5 Å². The second-order valence-corrected chi connectivity index (χ2v) is 4.03. The maximum atomic E-state index is 10.3. The zero-order valence-electron chi connectivity index (χ0n) is 9.72. The minimum Gasteiger partial charge on any atom is -0.481 e. The molecule has 0 aromatic heterocycles. The highest BCUT2D eigenvalue weighted by Crippen LogP contribution is 2.11. The molecule has 0 saturated heterocycles. The zero-order valence-corrected chi connectivity index (χ0v) is 9.72. The van der Waals surface area contributed by atoms with Gasteiger partial charge in [0.15, 0.2) is 0 Å². The summed E-state index contributed by atoms with van der Waals surface area (Å²) < 4.78 is 4.82. The van der Waals surface area contributed by atoms with Crippen LogP contribution in [0.1, 0.15) is 32.1 Å². The van der Waals surface area contributed by atoms with Crippen molar-refractivity contribution in [2.24, 2.45) is 11.5 Å². The summed E-state index contributed by atoms with van der Waals surface area (Å²) in [5.74, 6) is -1.87. The molecule has 0 fully saturated rings. The molecule has 0 aromatic rings. The number of carboxylic acids is 2. The SMILES string of the molecule is NC(N)(CCCCC(=O)O)CCOCC(=O)O. The Hall–Kier alpha value is -1.18. The van der Waals surface area contributed by atoms with Gasteiger partial charge in [0, 0.05) is 12.8 Å². The molecule has 0 amide bonds. The van der Waals surface area contributed by atoms with E-state index in [1.807, 2.05) is 0 Å². The number of carboxylic acid groups (broad SMARTS) is 2. The van der Waals surface area contributed by atoms with E-state index in [1.54, 1.807) is 0 Å². The highest BCUT2D eigenvalue weighted by Gasteiger charge is 2.18. The van der Waals surface area contributed by atoms with Gasteiger partial charge < -0.3 is 26.4 Å². The predicted molar refractivity (Wildman–Crippen MR) is 60.3 cm³/mol. The molecule has 0 unspecified atom stereocenters. The molecule has 100 valence electrons. The molecule has 0 saturated carbocycles. The topological polar surface area (TPSA) is 136 Å². The fraction of sp³-hybridized carbons (Fsp3) is 0.800. The molecule has 0 rings (SSSR count). The van der Waals surface area contributed by atoms with Crippen LogP contribution in [-0.4, -0.2) is 41.0 Å². The molecular weight excluding hydrogens is 228 g/mol. The molecule has 0 aliphatic heterocycles. The average Bonchev–Trinajstić information content (AvgIpc) is 2.19. The maximum Gasteiger partial charge on any atom is 0.329 e. The summed E-state index contributed by atoms with van der Waals surface area (Å²) in [5, 5.41) is 16.8. The normalized spacial score (nSPS) is 11.4. The Morgan fingerprint density at radius 1 is 1.06 bits per heavy atom. The van der Waals surface area contributed by atoms with Crippen LogP contribution in [0.25, 0.3) is 0 Å². The van der Waals surface area contributed by atoms with Crippen LogP contribution < -0.4 is 11.5 Å². The molecular formula is C10H20N2O5. The lowest BCUT2D eigenvalue weighted by Crippen LogP contribution is -2.50. The van der Waals surface area contributed by atoms with E-state index in [1.165, 1.54) is 0 Å². The first-order valence-corrected chi connectivity index (χ1v) is 5.42. The van der Waals surface area contributed by atoms with E-state index in [9.17, 15) is 9.59 Å². The Morgan fingerprint density at radius 3 is 2.24 bits per heavy atom. The Morgan fingerprint density at radius 2 is 1.71 bits per heavy atom. The van der Waals surface area contributed by atoms with Gasteiger partial charge in [-0.15, -0.1) is 0 Å². The number of unbranched alkanes of at least 4 members (excludes halogenated alkanes) is 1. The van der Waals surface area contributed by atoms with Crippen LogP contribution in [0.5, 0.6) is 0 Å². The van der Waals surface area contributed by atoms with Crippen LogP contribution in [0.4, 0.5) is 0 Å². The second kappa shape index (κ2) is 7.99. The van der Waals surface area contributed by atoms with Crippen molar-refractivity contribution in [3.63, 3.8) is 0 Å². The summed E-state index contributed by atoms with van der Waals surface area (Å²) in [5.41, 5.74) is 10.6. The standard InChI is InChI=1S/C10H20N2O5/c11-10(12,4-2-1-3-8(13)14)5-6-17-7-9(15)16/h1-7,11-12H2,(H,13,14)(H,15,16). The van der Waals surface area contributed by atoms with Gasteiger partial charge in [-0.1, -0.05) is 0 Å². The van der Waals surface area contributed by atoms with Gasteiger partial charge in [-0.25, -0.2) is 4.79 Å². The first-order chi connectivity index (χ1) is 7.83. The van der Waals surface area contributed by atoms with Crippen LogP contribution in [0.15, 0.2) is 0 Å². The van der Waals surface area contributed by atoms with Gasteiger partial charge in [0.05, 0.1) is 12.3 Å². The van der Waals surface area contributed by atoms with Crippen molar-refractivity contribution in [1.82, 2.24) is 0 Å². The van der Waals surface area contributed by atoms with Crippen molar-refractivity contribution in [2.45, 2.75) is 37.8 Å². The van der Waals surface area contributed by atoms with Crippen LogP contribution >= 0.6 is 0 Å². The fourth-order valence-corrected chi connectivity index (χ4v) is 1.28. The third-order valence-electron chi connectivity index (χ3n) is 2.22. The van der Waals surface area contributed by atoms with E-state index < -0.39 is 17.6 Å². The molecule has 7 nitrogen and oxygen atoms in total. The molecule has 0 atom stereocenters. The fourth-order valence-electron chi connectivity index (χ4n) is 1.28. The molecule has 0 bridgehead atoms. The third kappa shape index (κ3) is 11.1. The quantitative estimate of drug-likeness (QED) is 0.309. The Kier molecular flexibility index (Phi) is 7.44. The molecule has 0 heterocycles. The summed E-state index contributed by atoms with van der Waals surface area (Å²) >= 11 is 0. The molecule has 0 radical (unpaired) electrons. The van der Waals surface area contributed by atoms with Crippen molar-refractivity contribution in [3.8, 4) is 0 Å². The summed E-state index contributed by atoms with van der Waals surface area (Å²) in [4.78, 5) is 20.4. The Bertz CT molecular complexity index is 231. The molecule has 17 heavy (non-hydrogen) atoms. The first kappa shape index (κ1) is 15.8. The van der Waals surface area contributed by atoms with Crippen LogP contribution in [-0.2, 0) is 14.3 Å². The highest BCUT2D eigenvalue weighted by atomic mass is 16.5. The summed E-state index contributed by atoms with van der Waals surface area (Å²) in [7, 11) is 0. The van der Waals surface area contributed by atoms with Gasteiger partial charge in [0.2, 0.25) is 0 Å². The van der Waals surface area contributed by atoms with E-state index in [4.69, 9.17) is 26.4 Å². The zero-order chi connectivity index (χ0) is 13.3. The van der Waals surface area contributed by atoms with Gasteiger partial charge in [-0.2, -0.15) is 0 Å². The maximum absolute atomic E-state index is 10.3. The van der Waals surface area contributed by atoms with E-state index in [2.05, 4.69) is 0 Å². The van der Waals surface area contributed by atoms with Crippen molar-refractivity contribution in [3.05, 3.63) is 0 Å². The van der Waals surface area contributed by atoms with Gasteiger partial charge in [-0.3, -0.25) is 4.79 Å². The smallest absolute Gasteiger partial charge is 0.329 e. The number of nitrogens with two attached hydrogens (primary N) is 2. The van der Waals surface area contributed by atoms with Crippen LogP contribution in [0.2, 0.25) is 0 Å². The average molecular weight is 248 g/mol. The van der Waals surface area contributed by atoms with Gasteiger partial charge >= 0.3 is 11.9 Å². The van der Waals surface area contributed by atoms with Gasteiger partial charge in [0.1, 0.15) is 6.61 Å². The highest BCUT2D eigenvalue weighted by molar-refractivity contribution is 5.68. The lowest BCUT2D eigenvalue weighted by atomic mass is 10.0. The number of hydrogen-bond donors (Lipinski definition) is 4. The molecule has 0 aromatic carbocycles. The number of ether oxygens (including phenoxy) is 1. The summed E-state index contributed by atoms with van der Waals surface area (Å²) in [6.07, 6.45) is 2.08. The lowest BCUT2D eigenvalue weighted by Gasteiger charge is -2.24. The van der Waals surface area contributed by atoms with Gasteiger partial charge in [-0.05, 0) is 19.3 Å². The molecule has 0 aliphatic rings. The van der Waals surface area contributed by atoms with Crippen molar-refractivity contribution >= 4 is 11.9 Å². The Balaban J connectivity index is 3.57. The third-order valence-corrected chi connectivity index (χ3v) is 2.22. The monoisotopic (exact) mass is 248 g/mol. The largest absolute Gasteiger partial charge is 0.481 e. The number of aliphatic carboxylic acids is 2. The molecule has 7 heteroatoms. The van der Waals surface area contributed by atoms with Crippen molar-refractivity contribution in [2.75, 3.05) is 13.2 Å². The van der Waals surface area contributed by atoms with Gasteiger partial charge in [0.25, 0.3) is 0 Å². The van der Waals surface area contributed by atoms with Crippen LogP contribution in [0, 0.1) is 0 Å². The number of rotatable bonds is 10. The minimum atomic E-state index is -1.04. The Labute approximate surface area is 99.7 Å². The molecule has 6 N–H and O–H groups in total. The predicted octanol–water partition coefficient (Wildman–Crippen LogP) is -0.264. The van der Waals surface area contributed by atoms with E-state index in [-0.39, 0.29) is 19.6 Å². The van der Waals surface area contributed by atoms with E-state index >= 15 is 0 Å². The van der Waals surface area contributed by atoms with Crippen molar-refractivity contribution in [1.29, 1.82) is 0 Å². The summed E-state index contributed by atoms with van der Waals surface area (Å²) in [6, 6.07) is 0.